The third-order valence-corrected chi connectivity index (χ3v) is 5.12. The number of nitrogens with zero attached hydrogens (tertiary/aromatic N) is 4. The van der Waals surface area contributed by atoms with Crippen LogP contribution in [0.5, 0.6) is 0 Å². The van der Waals surface area contributed by atoms with Crippen LogP contribution in [0.3, 0.4) is 0 Å². The molecule has 3 heterocycles. The summed E-state index contributed by atoms with van der Waals surface area (Å²) < 4.78 is 12.5. The van der Waals surface area contributed by atoms with Crippen LogP contribution < -0.4 is 4.90 Å². The predicted octanol–water partition coefficient (Wildman–Crippen LogP) is 3.88. The number of aromatic amines is 1. The minimum absolute atomic E-state index is 0.272. The first kappa shape index (κ1) is 17.9. The van der Waals surface area contributed by atoms with E-state index in [4.69, 9.17) is 11.6 Å². The van der Waals surface area contributed by atoms with Crippen LogP contribution in [-0.2, 0) is 0 Å². The molecule has 0 amide bonds. The number of nitrogens with one attached hydrogen (secondary N) is 1. The van der Waals surface area contributed by atoms with E-state index in [0.717, 1.165) is 48.7 Å². The second kappa shape index (κ2) is 8.06. The summed E-state index contributed by atoms with van der Waals surface area (Å²) in [7, 11) is 0. The van der Waals surface area contributed by atoms with Crippen LogP contribution in [0, 0.1) is 0 Å². The number of hydrogen-bond acceptors (Lipinski definition) is 4. The summed E-state index contributed by atoms with van der Waals surface area (Å²) >= 11 is 5.96. The van der Waals surface area contributed by atoms with Gasteiger partial charge in [-0.05, 0) is 30.3 Å². The van der Waals surface area contributed by atoms with Gasteiger partial charge in [0, 0.05) is 55.7 Å². The molecule has 7 heteroatoms. The Hall–Kier alpha value is -2.44. The topological polar surface area (TPSA) is 48.0 Å². The van der Waals surface area contributed by atoms with Crippen molar-refractivity contribution in [3.63, 3.8) is 0 Å². The molecule has 4 rings (SSSR count). The highest BCUT2D eigenvalue weighted by Crippen LogP contribution is 2.27. The average Bonchev–Trinajstić information content (AvgIpc) is 3.19. The maximum atomic E-state index is 12.5. The molecular weight excluding hydrogens is 365 g/mol. The first-order valence-electron chi connectivity index (χ1n) is 9.04. The quantitative estimate of drug-likeness (QED) is 0.677. The van der Waals surface area contributed by atoms with Crippen molar-refractivity contribution in [2.45, 2.75) is 0 Å². The van der Waals surface area contributed by atoms with Crippen LogP contribution in [-0.4, -0.2) is 59.5 Å². The van der Waals surface area contributed by atoms with Crippen LogP contribution >= 0.6 is 11.6 Å². The Labute approximate surface area is 162 Å². The Bertz CT molecular complexity index is 887. The lowest BCUT2D eigenvalue weighted by Gasteiger charge is -2.35. The van der Waals surface area contributed by atoms with Crippen molar-refractivity contribution < 1.29 is 4.39 Å². The Kier molecular flexibility index (Phi) is 5.36. The van der Waals surface area contributed by atoms with Gasteiger partial charge in [0.05, 0.1) is 11.4 Å². The summed E-state index contributed by atoms with van der Waals surface area (Å²) in [6, 6.07) is 14.1. The van der Waals surface area contributed by atoms with E-state index < -0.39 is 0 Å². The molecule has 1 saturated heterocycles. The minimum Gasteiger partial charge on any atom is -0.369 e. The van der Waals surface area contributed by atoms with E-state index in [-0.39, 0.29) is 6.67 Å². The highest BCUT2D eigenvalue weighted by Gasteiger charge is 2.17. The van der Waals surface area contributed by atoms with Gasteiger partial charge in [-0.25, -0.2) is 9.37 Å². The third-order valence-electron chi connectivity index (χ3n) is 4.92. The van der Waals surface area contributed by atoms with E-state index in [1.54, 1.807) is 6.20 Å². The van der Waals surface area contributed by atoms with Crippen molar-refractivity contribution in [3.05, 3.63) is 53.8 Å². The number of benzene rings is 1. The lowest BCUT2D eigenvalue weighted by Crippen LogP contribution is -2.47. The highest BCUT2D eigenvalue weighted by atomic mass is 35.5. The van der Waals surface area contributed by atoms with Gasteiger partial charge in [0.25, 0.3) is 0 Å². The van der Waals surface area contributed by atoms with Crippen molar-refractivity contribution in [3.8, 4) is 22.5 Å². The fraction of sp³-hybridized carbons (Fsp3) is 0.300. The van der Waals surface area contributed by atoms with E-state index in [0.29, 0.717) is 11.7 Å². The van der Waals surface area contributed by atoms with Crippen molar-refractivity contribution in [1.82, 2.24) is 20.1 Å². The predicted molar refractivity (Wildman–Crippen MR) is 107 cm³/mol. The van der Waals surface area contributed by atoms with E-state index in [2.05, 4.69) is 49.2 Å². The van der Waals surface area contributed by atoms with Gasteiger partial charge in [-0.2, -0.15) is 5.10 Å². The smallest absolute Gasteiger partial charge is 0.129 e. The summed E-state index contributed by atoms with van der Waals surface area (Å²) in [5, 5.41) is 7.94. The second-order valence-corrected chi connectivity index (χ2v) is 6.99. The number of hydrogen-bond donors (Lipinski definition) is 1. The molecule has 0 atom stereocenters. The molecule has 1 aliphatic rings. The number of anilines is 1. The van der Waals surface area contributed by atoms with Gasteiger partial charge >= 0.3 is 0 Å². The largest absolute Gasteiger partial charge is 0.369 e. The van der Waals surface area contributed by atoms with Crippen LogP contribution in [0.4, 0.5) is 10.1 Å². The molecule has 0 bridgehead atoms. The van der Waals surface area contributed by atoms with Gasteiger partial charge in [-0.15, -0.1) is 0 Å². The lowest BCUT2D eigenvalue weighted by atomic mass is 10.1. The molecule has 3 aromatic rings. The number of pyridine rings is 1. The lowest BCUT2D eigenvalue weighted by molar-refractivity contribution is 0.235. The van der Waals surface area contributed by atoms with Crippen molar-refractivity contribution in [2.75, 3.05) is 44.3 Å². The number of aromatic nitrogens is 3. The highest BCUT2D eigenvalue weighted by molar-refractivity contribution is 6.29. The molecule has 1 N–H and O–H groups in total. The maximum absolute atomic E-state index is 12.5. The molecule has 1 aliphatic heterocycles. The van der Waals surface area contributed by atoms with E-state index in [1.165, 1.54) is 5.69 Å². The van der Waals surface area contributed by atoms with Crippen molar-refractivity contribution >= 4 is 17.3 Å². The standard InChI is InChI=1S/C20H21ClFN5/c21-20-13-16(5-7-23-20)19-14-18(24-25-19)15-1-3-17(4-2-15)27-11-9-26(8-6-22)10-12-27/h1-5,7,13-14H,6,8-12H2,(H,24,25). The van der Waals surface area contributed by atoms with Gasteiger partial charge in [-0.1, -0.05) is 23.7 Å². The van der Waals surface area contributed by atoms with E-state index >= 15 is 0 Å². The minimum atomic E-state index is -0.272. The van der Waals surface area contributed by atoms with Gasteiger partial charge in [-0.3, -0.25) is 10.00 Å². The monoisotopic (exact) mass is 385 g/mol. The fourth-order valence-electron chi connectivity index (χ4n) is 3.38. The van der Waals surface area contributed by atoms with Gasteiger partial charge in [0.15, 0.2) is 0 Å². The van der Waals surface area contributed by atoms with Gasteiger partial charge < -0.3 is 4.90 Å². The van der Waals surface area contributed by atoms with Crippen molar-refractivity contribution in [2.24, 2.45) is 0 Å². The molecule has 0 radical (unpaired) electrons. The van der Waals surface area contributed by atoms with Crippen LogP contribution in [0.25, 0.3) is 22.5 Å². The molecule has 1 aromatic carbocycles. The number of halogens is 2. The zero-order valence-corrected chi connectivity index (χ0v) is 15.7. The number of H-pyrrole nitrogens is 1. The zero-order valence-electron chi connectivity index (χ0n) is 14.9. The second-order valence-electron chi connectivity index (χ2n) is 6.60. The Morgan fingerprint density at radius 1 is 1.00 bits per heavy atom. The Morgan fingerprint density at radius 2 is 1.78 bits per heavy atom. The molecule has 0 spiro atoms. The van der Waals surface area contributed by atoms with Crippen LogP contribution in [0.2, 0.25) is 5.15 Å². The zero-order chi connectivity index (χ0) is 18.6. The van der Waals surface area contributed by atoms with Gasteiger partial charge in [0.2, 0.25) is 0 Å². The molecule has 2 aromatic heterocycles. The number of alkyl halides is 1. The normalized spacial score (nSPS) is 15.3. The van der Waals surface area contributed by atoms with E-state index in [9.17, 15) is 4.39 Å². The summed E-state index contributed by atoms with van der Waals surface area (Å²) in [5.74, 6) is 0. The summed E-state index contributed by atoms with van der Waals surface area (Å²) in [4.78, 5) is 8.51. The summed E-state index contributed by atoms with van der Waals surface area (Å²) in [6.45, 7) is 3.93. The summed E-state index contributed by atoms with van der Waals surface area (Å²) in [6.07, 6.45) is 1.68. The van der Waals surface area contributed by atoms with Gasteiger partial charge in [0.1, 0.15) is 11.8 Å². The molecular formula is C20H21ClFN5. The molecule has 140 valence electrons. The fourth-order valence-corrected chi connectivity index (χ4v) is 3.55. The first-order chi connectivity index (χ1) is 13.2. The molecule has 0 aliphatic carbocycles. The van der Waals surface area contributed by atoms with Crippen molar-refractivity contribution in [1.29, 1.82) is 0 Å². The number of piperazine rings is 1. The van der Waals surface area contributed by atoms with E-state index in [1.807, 2.05) is 18.2 Å². The number of rotatable bonds is 5. The Morgan fingerprint density at radius 3 is 2.48 bits per heavy atom. The van der Waals surface area contributed by atoms with Crippen LogP contribution in [0.1, 0.15) is 0 Å². The third kappa shape index (κ3) is 4.12. The SMILES string of the molecule is FCCN1CCN(c2ccc(-c3cc(-c4ccnc(Cl)c4)[nH]n3)cc2)CC1. The molecule has 27 heavy (non-hydrogen) atoms. The van der Waals surface area contributed by atoms with Crippen LogP contribution in [0.15, 0.2) is 48.7 Å². The summed E-state index contributed by atoms with van der Waals surface area (Å²) in [5.41, 5.74) is 4.99. The average molecular weight is 386 g/mol. The Balaban J connectivity index is 1.45. The molecule has 0 unspecified atom stereocenters. The first-order valence-corrected chi connectivity index (χ1v) is 9.42. The molecule has 5 nitrogen and oxygen atoms in total. The molecule has 1 fully saturated rings. The maximum Gasteiger partial charge on any atom is 0.129 e. The molecule has 0 saturated carbocycles.